The van der Waals surface area contributed by atoms with Crippen LogP contribution in [-0.2, 0) is 11.3 Å². The van der Waals surface area contributed by atoms with Crippen LogP contribution in [0.2, 0.25) is 0 Å². The Hall–Kier alpha value is -3.33. The maximum Gasteiger partial charge on any atom is 0.261 e. The van der Waals surface area contributed by atoms with E-state index in [1.54, 1.807) is 0 Å². The van der Waals surface area contributed by atoms with Gasteiger partial charge in [0.1, 0.15) is 5.75 Å². The lowest BCUT2D eigenvalue weighted by Gasteiger charge is -2.18. The number of amides is 1. The standard InChI is InChI=1S/C25H23NO2/c1-2-23(28-24-13-7-11-20-9-5-6-12-22(20)24)25(27)26-17-18-14-15-19-8-3-4-10-21(19)16-18/h3-16,23H,2,17H2,1H3,(H,26,27)/t23-/m1/s1. The third kappa shape index (κ3) is 3.84. The second-order valence-electron chi connectivity index (χ2n) is 6.89. The fourth-order valence-electron chi connectivity index (χ4n) is 3.43. The topological polar surface area (TPSA) is 38.3 Å². The first-order valence-corrected chi connectivity index (χ1v) is 9.64. The molecule has 4 rings (SSSR count). The lowest BCUT2D eigenvalue weighted by molar-refractivity contribution is -0.128. The van der Waals surface area contributed by atoms with E-state index < -0.39 is 6.10 Å². The molecule has 1 atom stereocenters. The molecule has 0 unspecified atom stereocenters. The summed E-state index contributed by atoms with van der Waals surface area (Å²) in [7, 11) is 0. The van der Waals surface area contributed by atoms with Crippen LogP contribution in [-0.4, -0.2) is 12.0 Å². The number of hydrogen-bond donors (Lipinski definition) is 1. The Balaban J connectivity index is 1.46. The molecule has 0 bridgehead atoms. The third-order valence-corrected chi connectivity index (χ3v) is 4.96. The number of rotatable bonds is 6. The minimum Gasteiger partial charge on any atom is -0.480 e. The molecule has 0 heterocycles. The minimum absolute atomic E-state index is 0.0939. The fraction of sp³-hybridized carbons (Fsp3) is 0.160. The highest BCUT2D eigenvalue weighted by molar-refractivity contribution is 5.89. The number of benzene rings is 4. The van der Waals surface area contributed by atoms with E-state index in [0.29, 0.717) is 13.0 Å². The van der Waals surface area contributed by atoms with Crippen LogP contribution in [0.25, 0.3) is 21.5 Å². The zero-order valence-electron chi connectivity index (χ0n) is 15.9. The van der Waals surface area contributed by atoms with Crippen molar-refractivity contribution in [2.75, 3.05) is 0 Å². The number of carbonyl (C=O) groups excluding carboxylic acids is 1. The molecular formula is C25H23NO2. The number of ether oxygens (including phenoxy) is 1. The molecule has 1 amide bonds. The first-order chi connectivity index (χ1) is 13.7. The SMILES string of the molecule is CC[C@@H](Oc1cccc2ccccc12)C(=O)NCc1ccc2ccccc2c1. The molecule has 3 nitrogen and oxygen atoms in total. The molecule has 0 fully saturated rings. The van der Waals surface area contributed by atoms with E-state index in [1.807, 2.05) is 61.5 Å². The number of fused-ring (bicyclic) bond motifs is 2. The van der Waals surface area contributed by atoms with Gasteiger partial charge in [-0.2, -0.15) is 0 Å². The molecule has 0 aliphatic rings. The van der Waals surface area contributed by atoms with Crippen molar-refractivity contribution in [1.29, 1.82) is 0 Å². The molecule has 140 valence electrons. The summed E-state index contributed by atoms with van der Waals surface area (Å²) >= 11 is 0. The van der Waals surface area contributed by atoms with E-state index in [-0.39, 0.29) is 5.91 Å². The van der Waals surface area contributed by atoms with Gasteiger partial charge in [0, 0.05) is 11.9 Å². The Morgan fingerprint density at radius 1 is 0.857 bits per heavy atom. The van der Waals surface area contributed by atoms with Crippen molar-refractivity contribution in [3.05, 3.63) is 90.5 Å². The van der Waals surface area contributed by atoms with Crippen LogP contribution in [0.15, 0.2) is 84.9 Å². The van der Waals surface area contributed by atoms with Gasteiger partial charge in [-0.15, -0.1) is 0 Å². The normalized spacial score (nSPS) is 12.0. The van der Waals surface area contributed by atoms with Crippen molar-refractivity contribution in [2.45, 2.75) is 26.0 Å². The molecule has 0 saturated heterocycles. The molecule has 0 radical (unpaired) electrons. The van der Waals surface area contributed by atoms with Crippen molar-refractivity contribution in [1.82, 2.24) is 5.32 Å². The zero-order chi connectivity index (χ0) is 19.3. The third-order valence-electron chi connectivity index (χ3n) is 4.96. The predicted molar refractivity (Wildman–Crippen MR) is 114 cm³/mol. The Morgan fingerprint density at radius 3 is 2.39 bits per heavy atom. The summed E-state index contributed by atoms with van der Waals surface area (Å²) in [6.07, 6.45) is 0.0820. The minimum atomic E-state index is -0.522. The number of hydrogen-bond acceptors (Lipinski definition) is 2. The Kier molecular flexibility index (Phi) is 5.24. The van der Waals surface area contributed by atoms with Crippen LogP contribution in [0.3, 0.4) is 0 Å². The van der Waals surface area contributed by atoms with Gasteiger partial charge in [-0.1, -0.05) is 79.7 Å². The van der Waals surface area contributed by atoms with Gasteiger partial charge in [0.15, 0.2) is 6.10 Å². The quantitative estimate of drug-likeness (QED) is 0.490. The summed E-state index contributed by atoms with van der Waals surface area (Å²) in [5.74, 6) is 0.648. The second kappa shape index (κ2) is 8.13. The van der Waals surface area contributed by atoms with Crippen molar-refractivity contribution in [3.63, 3.8) is 0 Å². The second-order valence-corrected chi connectivity index (χ2v) is 6.89. The molecule has 0 spiro atoms. The first kappa shape index (κ1) is 18.1. The molecule has 0 aromatic heterocycles. The Labute approximate surface area is 165 Å². The summed E-state index contributed by atoms with van der Waals surface area (Å²) < 4.78 is 6.09. The van der Waals surface area contributed by atoms with Crippen LogP contribution < -0.4 is 10.1 Å². The Bertz CT molecular complexity index is 1110. The predicted octanol–water partition coefficient (Wildman–Crippen LogP) is 5.47. The molecule has 0 aliphatic carbocycles. The molecule has 1 N–H and O–H groups in total. The Morgan fingerprint density at radius 2 is 1.57 bits per heavy atom. The average molecular weight is 369 g/mol. The van der Waals surface area contributed by atoms with Gasteiger partial charge >= 0.3 is 0 Å². The van der Waals surface area contributed by atoms with Gasteiger partial charge in [-0.25, -0.2) is 0 Å². The molecule has 28 heavy (non-hydrogen) atoms. The summed E-state index contributed by atoms with van der Waals surface area (Å²) in [5, 5.41) is 7.51. The van der Waals surface area contributed by atoms with Crippen molar-refractivity contribution in [3.8, 4) is 5.75 Å². The summed E-state index contributed by atoms with van der Waals surface area (Å²) in [6, 6.07) is 28.4. The van der Waals surface area contributed by atoms with Crippen molar-refractivity contribution < 1.29 is 9.53 Å². The van der Waals surface area contributed by atoms with Crippen LogP contribution in [0.5, 0.6) is 5.75 Å². The summed E-state index contributed by atoms with van der Waals surface area (Å²) in [6.45, 7) is 2.45. The van der Waals surface area contributed by atoms with E-state index in [4.69, 9.17) is 4.74 Å². The fourth-order valence-corrected chi connectivity index (χ4v) is 3.43. The highest BCUT2D eigenvalue weighted by atomic mass is 16.5. The maximum absolute atomic E-state index is 12.7. The van der Waals surface area contributed by atoms with Crippen molar-refractivity contribution >= 4 is 27.5 Å². The number of carbonyl (C=O) groups is 1. The van der Waals surface area contributed by atoms with Crippen LogP contribution in [0, 0.1) is 0 Å². The summed E-state index contributed by atoms with van der Waals surface area (Å²) in [5.41, 5.74) is 1.08. The van der Waals surface area contributed by atoms with Crippen LogP contribution in [0.1, 0.15) is 18.9 Å². The van der Waals surface area contributed by atoms with Gasteiger partial charge in [-0.3, -0.25) is 4.79 Å². The van der Waals surface area contributed by atoms with E-state index >= 15 is 0 Å². The van der Waals surface area contributed by atoms with Gasteiger partial charge in [-0.05, 0) is 40.3 Å². The highest BCUT2D eigenvalue weighted by Crippen LogP contribution is 2.26. The first-order valence-electron chi connectivity index (χ1n) is 9.64. The van der Waals surface area contributed by atoms with Crippen LogP contribution in [0.4, 0.5) is 0 Å². The number of nitrogens with one attached hydrogen (secondary N) is 1. The molecular weight excluding hydrogens is 346 g/mol. The highest BCUT2D eigenvalue weighted by Gasteiger charge is 2.19. The molecule has 3 heteroatoms. The zero-order valence-corrected chi connectivity index (χ0v) is 15.9. The largest absolute Gasteiger partial charge is 0.480 e. The van der Waals surface area contributed by atoms with Gasteiger partial charge in [0.25, 0.3) is 5.91 Å². The molecule has 4 aromatic rings. The maximum atomic E-state index is 12.7. The van der Waals surface area contributed by atoms with E-state index in [9.17, 15) is 4.79 Å². The smallest absolute Gasteiger partial charge is 0.261 e. The average Bonchev–Trinajstić information content (AvgIpc) is 2.75. The lowest BCUT2D eigenvalue weighted by atomic mass is 10.1. The van der Waals surface area contributed by atoms with Gasteiger partial charge in [0.2, 0.25) is 0 Å². The van der Waals surface area contributed by atoms with Gasteiger partial charge in [0.05, 0.1) is 0 Å². The van der Waals surface area contributed by atoms with E-state index in [0.717, 1.165) is 22.1 Å². The molecule has 0 saturated carbocycles. The monoisotopic (exact) mass is 369 g/mol. The van der Waals surface area contributed by atoms with Crippen LogP contribution >= 0.6 is 0 Å². The summed E-state index contributed by atoms with van der Waals surface area (Å²) in [4.78, 5) is 12.7. The van der Waals surface area contributed by atoms with E-state index in [2.05, 4.69) is 35.6 Å². The van der Waals surface area contributed by atoms with Gasteiger partial charge < -0.3 is 10.1 Å². The lowest BCUT2D eigenvalue weighted by Crippen LogP contribution is -2.37. The molecule has 0 aliphatic heterocycles. The van der Waals surface area contributed by atoms with Crippen molar-refractivity contribution in [2.24, 2.45) is 0 Å². The molecule has 4 aromatic carbocycles. The van der Waals surface area contributed by atoms with E-state index in [1.165, 1.54) is 10.8 Å².